The summed E-state index contributed by atoms with van der Waals surface area (Å²) in [5.74, 6) is -6.03. The minimum atomic E-state index is -1.26. The van der Waals surface area contributed by atoms with Gasteiger partial charge in [-0.05, 0) is 57.4 Å². The molecule has 0 fully saturated rings. The third-order valence-electron chi connectivity index (χ3n) is 12.2. The number of hydrogen-bond donors (Lipinski definition) is 3. The third kappa shape index (κ3) is 14.7. The second-order valence-electron chi connectivity index (χ2n) is 17.1. The van der Waals surface area contributed by atoms with Crippen molar-refractivity contribution >= 4 is 41.5 Å². The molecule has 0 saturated heterocycles. The van der Waals surface area contributed by atoms with E-state index < -0.39 is 102 Å². The highest BCUT2D eigenvalue weighted by Crippen LogP contribution is 2.27. The molecule has 0 saturated carbocycles. The Hall–Kier alpha value is -4.79. The maximum absolute atomic E-state index is 14.2. The van der Waals surface area contributed by atoms with Crippen LogP contribution in [0, 0.1) is 23.7 Å². The SMILES string of the molecule is CCC[C@H](C)[C@H]1OC(=O)[C@H](C)N(C)C(=O)[C@H]([C@@H](C)CC)NC(=O)CN(C)C(=O)[C@@H](Cc2ccccc2)N(C)C(=O)[C@@H](C)NC(=O)[C@@H]([C@@H](C)CC)OC(=O)/C(C)=C/C[C@H](O)[C@@H]1C. The van der Waals surface area contributed by atoms with Crippen LogP contribution in [0.4, 0.5) is 0 Å². The molecular formula is C46H73N5O10. The van der Waals surface area contributed by atoms with E-state index in [-0.39, 0.29) is 30.3 Å². The van der Waals surface area contributed by atoms with Gasteiger partial charge in [-0.25, -0.2) is 9.59 Å². The Labute approximate surface area is 363 Å². The van der Waals surface area contributed by atoms with Crippen LogP contribution in [0.5, 0.6) is 0 Å². The number of benzene rings is 1. The predicted octanol–water partition coefficient (Wildman–Crippen LogP) is 4.05. The number of cyclic esters (lactones) is 2. The van der Waals surface area contributed by atoms with Crippen LogP contribution < -0.4 is 10.6 Å². The highest BCUT2D eigenvalue weighted by atomic mass is 16.6. The topological polar surface area (TPSA) is 192 Å². The summed E-state index contributed by atoms with van der Waals surface area (Å²) in [7, 11) is 4.34. The average molecular weight is 856 g/mol. The van der Waals surface area contributed by atoms with E-state index >= 15 is 0 Å². The van der Waals surface area contributed by atoms with Crippen molar-refractivity contribution in [3.63, 3.8) is 0 Å². The number of carbonyl (C=O) groups excluding carboxylic acids is 7. The summed E-state index contributed by atoms with van der Waals surface area (Å²) in [6, 6.07) is 4.67. The van der Waals surface area contributed by atoms with Gasteiger partial charge in [0.05, 0.1) is 12.6 Å². The van der Waals surface area contributed by atoms with E-state index in [9.17, 15) is 38.7 Å². The summed E-state index contributed by atoms with van der Waals surface area (Å²) in [6.07, 6.45) is 1.00. The normalized spacial score (nSPS) is 29.1. The molecule has 1 aromatic carbocycles. The molecular weight excluding hydrogens is 783 g/mol. The summed E-state index contributed by atoms with van der Waals surface area (Å²) in [5, 5.41) is 16.9. The summed E-state index contributed by atoms with van der Waals surface area (Å²) in [4.78, 5) is 101. The molecule has 0 unspecified atom stereocenters. The molecule has 15 heteroatoms. The lowest BCUT2D eigenvalue weighted by atomic mass is 9.85. The van der Waals surface area contributed by atoms with Crippen molar-refractivity contribution in [2.45, 2.75) is 150 Å². The van der Waals surface area contributed by atoms with Crippen LogP contribution in [-0.2, 0) is 49.5 Å². The highest BCUT2D eigenvalue weighted by Gasteiger charge is 2.39. The molecule has 2 rings (SSSR count). The van der Waals surface area contributed by atoms with Crippen LogP contribution in [0.25, 0.3) is 0 Å². The van der Waals surface area contributed by atoms with Crippen LogP contribution in [-0.4, -0.2) is 131 Å². The van der Waals surface area contributed by atoms with E-state index in [1.54, 1.807) is 32.9 Å². The summed E-state index contributed by atoms with van der Waals surface area (Å²) >= 11 is 0. The number of rotatable bonds is 9. The Balaban J connectivity index is 2.67. The van der Waals surface area contributed by atoms with E-state index in [2.05, 4.69) is 10.6 Å². The first-order valence-corrected chi connectivity index (χ1v) is 21.8. The number of amides is 5. The summed E-state index contributed by atoms with van der Waals surface area (Å²) in [6.45, 7) is 17.0. The van der Waals surface area contributed by atoms with Gasteiger partial charge >= 0.3 is 11.9 Å². The quantitative estimate of drug-likeness (QED) is 0.306. The average Bonchev–Trinajstić information content (AvgIpc) is 3.24. The van der Waals surface area contributed by atoms with Crippen LogP contribution in [0.15, 0.2) is 42.0 Å². The lowest BCUT2D eigenvalue weighted by Gasteiger charge is -2.35. The number of carbonyl (C=O) groups is 7. The van der Waals surface area contributed by atoms with Crippen molar-refractivity contribution in [2.24, 2.45) is 23.7 Å². The fourth-order valence-electron chi connectivity index (χ4n) is 7.32. The molecule has 342 valence electrons. The lowest BCUT2D eigenvalue weighted by molar-refractivity contribution is -0.166. The van der Waals surface area contributed by atoms with Gasteiger partial charge < -0.3 is 39.9 Å². The zero-order valence-corrected chi connectivity index (χ0v) is 38.7. The van der Waals surface area contributed by atoms with Gasteiger partial charge in [-0.2, -0.15) is 0 Å². The van der Waals surface area contributed by atoms with Crippen LogP contribution >= 0.6 is 0 Å². The first-order valence-electron chi connectivity index (χ1n) is 21.8. The Morgan fingerprint density at radius 3 is 1.97 bits per heavy atom. The third-order valence-corrected chi connectivity index (χ3v) is 12.2. The molecule has 0 aromatic heterocycles. The molecule has 1 aliphatic rings. The maximum Gasteiger partial charge on any atom is 0.334 e. The van der Waals surface area contributed by atoms with Gasteiger partial charge in [-0.15, -0.1) is 0 Å². The van der Waals surface area contributed by atoms with Gasteiger partial charge in [-0.3, -0.25) is 24.0 Å². The van der Waals surface area contributed by atoms with Crippen molar-refractivity contribution in [2.75, 3.05) is 27.7 Å². The number of hydrogen-bond acceptors (Lipinski definition) is 10. The van der Waals surface area contributed by atoms with E-state index in [0.717, 1.165) is 12.0 Å². The highest BCUT2D eigenvalue weighted by molar-refractivity contribution is 5.96. The Morgan fingerprint density at radius 2 is 1.39 bits per heavy atom. The van der Waals surface area contributed by atoms with Crippen molar-refractivity contribution in [3.8, 4) is 0 Å². The van der Waals surface area contributed by atoms with Crippen molar-refractivity contribution in [1.29, 1.82) is 0 Å². The fourth-order valence-corrected chi connectivity index (χ4v) is 7.32. The Kier molecular flexibility index (Phi) is 21.1. The number of nitrogens with one attached hydrogen (secondary N) is 2. The molecule has 1 heterocycles. The molecule has 0 spiro atoms. The number of esters is 2. The van der Waals surface area contributed by atoms with Crippen molar-refractivity contribution in [1.82, 2.24) is 25.3 Å². The number of aliphatic hydroxyl groups is 1. The minimum absolute atomic E-state index is 0.00927. The monoisotopic (exact) mass is 856 g/mol. The Bertz CT molecular complexity index is 1690. The molecule has 0 bridgehead atoms. The first kappa shape index (κ1) is 52.3. The van der Waals surface area contributed by atoms with Crippen LogP contribution in [0.3, 0.4) is 0 Å². The van der Waals surface area contributed by atoms with Crippen molar-refractivity contribution < 1.29 is 48.1 Å². The zero-order valence-electron chi connectivity index (χ0n) is 38.7. The molecule has 61 heavy (non-hydrogen) atoms. The van der Waals surface area contributed by atoms with Gasteiger partial charge in [0.15, 0.2) is 6.10 Å². The molecule has 5 amide bonds. The molecule has 0 aliphatic carbocycles. The number of aliphatic hydroxyl groups excluding tert-OH is 1. The molecule has 3 N–H and O–H groups in total. The lowest BCUT2D eigenvalue weighted by Crippen LogP contribution is -2.58. The zero-order chi connectivity index (χ0) is 46.3. The van der Waals surface area contributed by atoms with Gasteiger partial charge in [0.1, 0.15) is 30.3 Å². The molecule has 11 atom stereocenters. The predicted molar refractivity (Wildman–Crippen MR) is 232 cm³/mol. The van der Waals surface area contributed by atoms with Crippen LogP contribution in [0.1, 0.15) is 107 Å². The molecule has 15 nitrogen and oxygen atoms in total. The second kappa shape index (κ2) is 24.6. The van der Waals surface area contributed by atoms with Crippen LogP contribution in [0.2, 0.25) is 0 Å². The summed E-state index contributed by atoms with van der Waals surface area (Å²) < 4.78 is 11.8. The minimum Gasteiger partial charge on any atom is -0.460 e. The standard InChI is InChI=1S/C46H73N5O10/c1-14-20-29(6)39-31(8)36(52)24-23-30(7)45(58)61-40(28(5)16-3)41(54)47-32(9)42(55)51(13)35(25-34-21-18-17-19-22-34)43(56)49(11)26-37(53)48-38(27(4)15-2)44(57)50(12)33(10)46(59)60-39/h17-19,21-23,27-29,31-33,35-36,38-40,52H,14-16,20,24-26H2,1-13H3,(H,47,54)(H,48,53)/b30-23+/t27-,28-,29-,31-,32+,33-,35+,36-,38-,39+,40+/m0/s1. The summed E-state index contributed by atoms with van der Waals surface area (Å²) in [5.41, 5.74) is 0.893. The van der Waals surface area contributed by atoms with E-state index in [4.69, 9.17) is 9.47 Å². The van der Waals surface area contributed by atoms with Gasteiger partial charge in [0, 0.05) is 45.0 Å². The molecule has 0 radical (unpaired) electrons. The van der Waals surface area contributed by atoms with E-state index in [0.29, 0.717) is 19.3 Å². The first-order chi connectivity index (χ1) is 28.6. The van der Waals surface area contributed by atoms with Gasteiger partial charge in [-0.1, -0.05) is 97.7 Å². The van der Waals surface area contributed by atoms with E-state index in [1.165, 1.54) is 62.7 Å². The second-order valence-corrected chi connectivity index (χ2v) is 17.1. The smallest absolute Gasteiger partial charge is 0.334 e. The molecule has 1 aromatic rings. The Morgan fingerprint density at radius 1 is 0.787 bits per heavy atom. The number of likely N-dealkylation sites (N-methyl/N-ethyl adjacent to an activating group) is 3. The van der Waals surface area contributed by atoms with E-state index in [1.807, 2.05) is 45.9 Å². The van der Waals surface area contributed by atoms with Crippen molar-refractivity contribution in [3.05, 3.63) is 47.5 Å². The number of nitrogens with zero attached hydrogens (tertiary/aromatic N) is 3. The number of ether oxygens (including phenoxy) is 2. The maximum atomic E-state index is 14.2. The molecule has 1 aliphatic heterocycles. The van der Waals surface area contributed by atoms with Gasteiger partial charge in [0.2, 0.25) is 23.6 Å². The fraction of sp³-hybridized carbons (Fsp3) is 0.674. The largest absolute Gasteiger partial charge is 0.460 e. The van der Waals surface area contributed by atoms with Gasteiger partial charge in [0.25, 0.3) is 5.91 Å².